The summed E-state index contributed by atoms with van der Waals surface area (Å²) in [6.45, 7) is 1.03. The van der Waals surface area contributed by atoms with Gasteiger partial charge in [-0.1, -0.05) is 6.42 Å². The molecule has 1 atom stereocenters. The van der Waals surface area contributed by atoms with Crippen molar-refractivity contribution in [1.82, 2.24) is 9.88 Å². The van der Waals surface area contributed by atoms with Crippen LogP contribution in [0.1, 0.15) is 48.9 Å². The molecule has 2 fully saturated rings. The maximum absolute atomic E-state index is 12.4. The minimum Gasteiger partial charge on any atom is -0.474 e. The molecule has 1 amide bonds. The topological polar surface area (TPSA) is 62.7 Å². The number of nitrogens with zero attached hydrogens (tertiary/aromatic N) is 2. The standard InChI is InChI=1S/C16H22N2O3/c19-13-7-9-18(11-13)16(20)12-6-8-17-15(10-12)21-14-4-2-1-3-5-14/h6,8,10,13-14,19H,1-5,7,9,11H2/t13-/m1/s1. The molecular formula is C16H22N2O3. The molecular weight excluding hydrogens is 268 g/mol. The maximum atomic E-state index is 12.4. The number of pyridine rings is 1. The van der Waals surface area contributed by atoms with Gasteiger partial charge in [-0.05, 0) is 38.2 Å². The van der Waals surface area contributed by atoms with Crippen LogP contribution < -0.4 is 4.74 Å². The van der Waals surface area contributed by atoms with Gasteiger partial charge in [-0.2, -0.15) is 0 Å². The number of carbonyl (C=O) groups excluding carboxylic acids is 1. The Labute approximate surface area is 124 Å². The fraction of sp³-hybridized carbons (Fsp3) is 0.625. The van der Waals surface area contributed by atoms with Crippen LogP contribution in [0, 0.1) is 0 Å². The second-order valence-electron chi connectivity index (χ2n) is 5.95. The van der Waals surface area contributed by atoms with E-state index in [0.717, 1.165) is 12.8 Å². The SMILES string of the molecule is O=C(c1ccnc(OC2CCCCC2)c1)N1CC[C@@H](O)C1. The zero-order chi connectivity index (χ0) is 14.7. The van der Waals surface area contributed by atoms with Crippen LogP contribution in [-0.2, 0) is 0 Å². The van der Waals surface area contributed by atoms with Crippen molar-refractivity contribution in [3.8, 4) is 5.88 Å². The van der Waals surface area contributed by atoms with E-state index in [1.807, 2.05) is 0 Å². The van der Waals surface area contributed by atoms with Crippen LogP contribution in [0.15, 0.2) is 18.3 Å². The normalized spacial score (nSPS) is 23.3. The molecule has 1 aliphatic heterocycles. The number of likely N-dealkylation sites (tertiary alicyclic amines) is 1. The Morgan fingerprint density at radius 1 is 1.29 bits per heavy atom. The molecule has 5 nitrogen and oxygen atoms in total. The highest BCUT2D eigenvalue weighted by Crippen LogP contribution is 2.23. The van der Waals surface area contributed by atoms with Gasteiger partial charge in [0.25, 0.3) is 5.91 Å². The molecule has 0 bridgehead atoms. The number of aliphatic hydroxyl groups is 1. The average Bonchev–Trinajstić information content (AvgIpc) is 2.94. The van der Waals surface area contributed by atoms with Crippen molar-refractivity contribution >= 4 is 5.91 Å². The molecule has 1 saturated carbocycles. The largest absolute Gasteiger partial charge is 0.474 e. The monoisotopic (exact) mass is 290 g/mol. The van der Waals surface area contributed by atoms with Crippen LogP contribution >= 0.6 is 0 Å². The quantitative estimate of drug-likeness (QED) is 0.925. The summed E-state index contributed by atoms with van der Waals surface area (Å²) in [7, 11) is 0. The summed E-state index contributed by atoms with van der Waals surface area (Å²) >= 11 is 0. The molecule has 21 heavy (non-hydrogen) atoms. The Bertz CT molecular complexity index is 500. The molecule has 1 aromatic rings. The van der Waals surface area contributed by atoms with Gasteiger partial charge in [0.1, 0.15) is 6.10 Å². The van der Waals surface area contributed by atoms with Crippen LogP contribution in [0.5, 0.6) is 5.88 Å². The first-order valence-corrected chi connectivity index (χ1v) is 7.82. The van der Waals surface area contributed by atoms with Crippen molar-refractivity contribution in [2.24, 2.45) is 0 Å². The highest BCUT2D eigenvalue weighted by atomic mass is 16.5. The highest BCUT2D eigenvalue weighted by molar-refractivity contribution is 5.94. The molecule has 1 aromatic heterocycles. The van der Waals surface area contributed by atoms with Crippen LogP contribution in [0.4, 0.5) is 0 Å². The van der Waals surface area contributed by atoms with Gasteiger partial charge in [-0.15, -0.1) is 0 Å². The lowest BCUT2D eigenvalue weighted by atomic mass is 9.98. The van der Waals surface area contributed by atoms with Gasteiger partial charge in [0, 0.05) is 30.9 Å². The molecule has 5 heteroatoms. The molecule has 1 saturated heterocycles. The highest BCUT2D eigenvalue weighted by Gasteiger charge is 2.26. The van der Waals surface area contributed by atoms with E-state index in [1.165, 1.54) is 19.3 Å². The summed E-state index contributed by atoms with van der Waals surface area (Å²) < 4.78 is 5.90. The Morgan fingerprint density at radius 2 is 2.10 bits per heavy atom. The van der Waals surface area contributed by atoms with Crippen molar-refractivity contribution in [1.29, 1.82) is 0 Å². The lowest BCUT2D eigenvalue weighted by Crippen LogP contribution is -2.29. The number of ether oxygens (including phenoxy) is 1. The predicted molar refractivity (Wildman–Crippen MR) is 78.3 cm³/mol. The summed E-state index contributed by atoms with van der Waals surface area (Å²) in [5.41, 5.74) is 0.588. The minimum atomic E-state index is -0.395. The first-order chi connectivity index (χ1) is 10.2. The second kappa shape index (κ2) is 6.43. The van der Waals surface area contributed by atoms with E-state index in [-0.39, 0.29) is 12.0 Å². The number of β-amino-alcohol motifs (C(OH)–C–C–N with tert-alkyl or cyclic N) is 1. The van der Waals surface area contributed by atoms with E-state index in [0.29, 0.717) is 31.0 Å². The van der Waals surface area contributed by atoms with Gasteiger partial charge in [0.15, 0.2) is 0 Å². The fourth-order valence-electron chi connectivity index (χ4n) is 3.07. The lowest BCUT2D eigenvalue weighted by Gasteiger charge is -2.22. The summed E-state index contributed by atoms with van der Waals surface area (Å²) in [5, 5.41) is 9.54. The molecule has 1 N–H and O–H groups in total. The number of rotatable bonds is 3. The zero-order valence-corrected chi connectivity index (χ0v) is 12.2. The third kappa shape index (κ3) is 3.53. The van der Waals surface area contributed by atoms with E-state index in [2.05, 4.69) is 4.98 Å². The molecule has 114 valence electrons. The van der Waals surface area contributed by atoms with Crippen molar-refractivity contribution in [2.75, 3.05) is 13.1 Å². The van der Waals surface area contributed by atoms with Gasteiger partial charge < -0.3 is 14.7 Å². The smallest absolute Gasteiger partial charge is 0.254 e. The molecule has 0 radical (unpaired) electrons. The summed E-state index contributed by atoms with van der Waals surface area (Å²) in [6.07, 6.45) is 7.93. The number of aromatic nitrogens is 1. The molecule has 0 unspecified atom stereocenters. The molecule has 2 heterocycles. The number of carbonyl (C=O) groups is 1. The maximum Gasteiger partial charge on any atom is 0.254 e. The van der Waals surface area contributed by atoms with E-state index in [1.54, 1.807) is 23.2 Å². The number of hydrogen-bond acceptors (Lipinski definition) is 4. The van der Waals surface area contributed by atoms with E-state index < -0.39 is 6.10 Å². The van der Waals surface area contributed by atoms with Gasteiger partial charge in [0.2, 0.25) is 5.88 Å². The summed E-state index contributed by atoms with van der Waals surface area (Å²) in [6, 6.07) is 3.43. The molecule has 2 aliphatic rings. The van der Waals surface area contributed by atoms with Crippen LogP contribution in [0.3, 0.4) is 0 Å². The van der Waals surface area contributed by atoms with E-state index in [9.17, 15) is 9.90 Å². The average molecular weight is 290 g/mol. The van der Waals surface area contributed by atoms with E-state index >= 15 is 0 Å². The summed E-state index contributed by atoms with van der Waals surface area (Å²) in [4.78, 5) is 18.3. The molecule has 0 spiro atoms. The first kappa shape index (κ1) is 14.3. The third-order valence-electron chi connectivity index (χ3n) is 4.27. The number of hydrogen-bond donors (Lipinski definition) is 1. The summed E-state index contributed by atoms with van der Waals surface area (Å²) in [5.74, 6) is 0.481. The van der Waals surface area contributed by atoms with Crippen molar-refractivity contribution < 1.29 is 14.6 Å². The minimum absolute atomic E-state index is 0.0533. The Morgan fingerprint density at radius 3 is 2.81 bits per heavy atom. The van der Waals surface area contributed by atoms with Crippen molar-refractivity contribution in [3.63, 3.8) is 0 Å². The lowest BCUT2D eigenvalue weighted by molar-refractivity contribution is 0.0763. The van der Waals surface area contributed by atoms with Gasteiger partial charge >= 0.3 is 0 Å². The second-order valence-corrected chi connectivity index (χ2v) is 5.95. The third-order valence-corrected chi connectivity index (χ3v) is 4.27. The van der Waals surface area contributed by atoms with Crippen molar-refractivity contribution in [3.05, 3.63) is 23.9 Å². The Balaban J connectivity index is 1.66. The van der Waals surface area contributed by atoms with Gasteiger partial charge in [0.05, 0.1) is 6.10 Å². The Hall–Kier alpha value is -1.62. The molecule has 0 aromatic carbocycles. The van der Waals surface area contributed by atoms with Crippen molar-refractivity contribution in [2.45, 2.75) is 50.7 Å². The van der Waals surface area contributed by atoms with Crippen LogP contribution in [0.25, 0.3) is 0 Å². The molecule has 3 rings (SSSR count). The predicted octanol–water partition coefficient (Wildman–Crippen LogP) is 2.00. The van der Waals surface area contributed by atoms with Crippen LogP contribution in [-0.4, -0.2) is 46.2 Å². The van der Waals surface area contributed by atoms with E-state index in [4.69, 9.17) is 4.74 Å². The van der Waals surface area contributed by atoms with Gasteiger partial charge in [-0.25, -0.2) is 4.98 Å². The zero-order valence-electron chi connectivity index (χ0n) is 12.2. The van der Waals surface area contributed by atoms with Gasteiger partial charge in [-0.3, -0.25) is 4.79 Å². The Kier molecular flexibility index (Phi) is 4.39. The first-order valence-electron chi connectivity index (χ1n) is 7.82. The number of aliphatic hydroxyl groups excluding tert-OH is 1. The number of amides is 1. The molecule has 1 aliphatic carbocycles. The fourth-order valence-corrected chi connectivity index (χ4v) is 3.07. The van der Waals surface area contributed by atoms with Crippen LogP contribution in [0.2, 0.25) is 0 Å².